The van der Waals surface area contributed by atoms with Crippen LogP contribution < -0.4 is 20.1 Å². The Hall–Kier alpha value is -2.54. The molecule has 2 aromatic rings. The zero-order valence-electron chi connectivity index (χ0n) is 12.2. The molecule has 2 rings (SSSR count). The number of benzene rings is 1. The number of ether oxygens (including phenoxy) is 2. The number of amides is 2. The second kappa shape index (κ2) is 7.46. The van der Waals surface area contributed by atoms with Gasteiger partial charge in [-0.3, -0.25) is 9.59 Å². The highest BCUT2D eigenvalue weighted by atomic mass is 32.1. The summed E-state index contributed by atoms with van der Waals surface area (Å²) in [4.78, 5) is 23.6. The number of thiophene rings is 1. The van der Waals surface area contributed by atoms with Crippen molar-refractivity contribution in [3.63, 3.8) is 0 Å². The smallest absolute Gasteiger partial charge is 0.262 e. The Balaban J connectivity index is 1.96. The SMILES string of the molecule is CNC(=O)c1ccsc1NC(=O)COc1ccccc1OC. The summed E-state index contributed by atoms with van der Waals surface area (Å²) in [7, 11) is 3.07. The van der Waals surface area contributed by atoms with E-state index < -0.39 is 0 Å². The minimum Gasteiger partial charge on any atom is -0.493 e. The second-order valence-corrected chi connectivity index (χ2v) is 5.15. The van der Waals surface area contributed by atoms with Crippen LogP contribution in [-0.4, -0.2) is 32.6 Å². The summed E-state index contributed by atoms with van der Waals surface area (Å²) < 4.78 is 10.6. The van der Waals surface area contributed by atoms with E-state index in [4.69, 9.17) is 9.47 Å². The maximum Gasteiger partial charge on any atom is 0.262 e. The molecule has 22 heavy (non-hydrogen) atoms. The standard InChI is InChI=1S/C15H16N2O4S/c1-16-14(19)10-7-8-22-15(10)17-13(18)9-21-12-6-4-3-5-11(12)20-2/h3-8H,9H2,1-2H3,(H,16,19)(H,17,18). The fourth-order valence-corrected chi connectivity index (χ4v) is 2.56. The average molecular weight is 320 g/mol. The van der Waals surface area contributed by atoms with Gasteiger partial charge >= 0.3 is 0 Å². The van der Waals surface area contributed by atoms with Gasteiger partial charge < -0.3 is 20.1 Å². The van der Waals surface area contributed by atoms with Crippen molar-refractivity contribution >= 4 is 28.2 Å². The van der Waals surface area contributed by atoms with E-state index in [1.165, 1.54) is 25.5 Å². The molecule has 0 unspecified atom stereocenters. The Labute approximate surface area is 132 Å². The lowest BCUT2D eigenvalue weighted by atomic mass is 10.3. The number of carbonyl (C=O) groups excluding carboxylic acids is 2. The predicted octanol–water partition coefficient (Wildman–Crippen LogP) is 2.13. The molecule has 0 spiro atoms. The van der Waals surface area contributed by atoms with Gasteiger partial charge in [0.1, 0.15) is 5.00 Å². The minimum absolute atomic E-state index is 0.175. The maximum atomic E-state index is 11.9. The monoisotopic (exact) mass is 320 g/mol. The van der Waals surface area contributed by atoms with E-state index in [-0.39, 0.29) is 18.4 Å². The molecule has 1 heterocycles. The molecule has 1 aromatic heterocycles. The summed E-state index contributed by atoms with van der Waals surface area (Å²) in [5.41, 5.74) is 0.429. The quantitative estimate of drug-likeness (QED) is 0.855. The van der Waals surface area contributed by atoms with Crippen LogP contribution in [0.5, 0.6) is 11.5 Å². The van der Waals surface area contributed by atoms with E-state index in [0.717, 1.165) is 0 Å². The van der Waals surface area contributed by atoms with Gasteiger partial charge in [0.2, 0.25) is 0 Å². The topological polar surface area (TPSA) is 76.7 Å². The summed E-state index contributed by atoms with van der Waals surface area (Å²) >= 11 is 1.28. The largest absolute Gasteiger partial charge is 0.493 e. The molecule has 7 heteroatoms. The number of nitrogens with one attached hydrogen (secondary N) is 2. The van der Waals surface area contributed by atoms with E-state index in [9.17, 15) is 9.59 Å². The highest BCUT2D eigenvalue weighted by molar-refractivity contribution is 7.14. The number of para-hydroxylation sites is 2. The van der Waals surface area contributed by atoms with Crippen LogP contribution in [0.2, 0.25) is 0 Å². The van der Waals surface area contributed by atoms with Gasteiger partial charge in [0.25, 0.3) is 11.8 Å². The molecule has 0 saturated heterocycles. The molecule has 1 aromatic carbocycles. The Morgan fingerprint density at radius 3 is 2.59 bits per heavy atom. The van der Waals surface area contributed by atoms with Crippen LogP contribution in [0.15, 0.2) is 35.7 Å². The highest BCUT2D eigenvalue weighted by Gasteiger charge is 2.14. The van der Waals surface area contributed by atoms with Crippen molar-refractivity contribution in [2.24, 2.45) is 0 Å². The lowest BCUT2D eigenvalue weighted by Gasteiger charge is -2.10. The molecular formula is C15H16N2O4S. The lowest BCUT2D eigenvalue weighted by molar-refractivity contribution is -0.118. The minimum atomic E-state index is -0.349. The van der Waals surface area contributed by atoms with Crippen molar-refractivity contribution in [2.45, 2.75) is 0 Å². The lowest BCUT2D eigenvalue weighted by Crippen LogP contribution is -2.23. The zero-order chi connectivity index (χ0) is 15.9. The third-order valence-electron chi connectivity index (χ3n) is 2.82. The molecule has 6 nitrogen and oxygen atoms in total. The fourth-order valence-electron chi connectivity index (χ4n) is 1.76. The number of carbonyl (C=O) groups is 2. The van der Waals surface area contributed by atoms with Crippen LogP contribution in [0.25, 0.3) is 0 Å². The molecule has 0 saturated carbocycles. The van der Waals surface area contributed by atoms with E-state index in [2.05, 4.69) is 10.6 Å². The van der Waals surface area contributed by atoms with Gasteiger partial charge in [-0.1, -0.05) is 12.1 Å². The van der Waals surface area contributed by atoms with Gasteiger partial charge in [0, 0.05) is 7.05 Å². The average Bonchev–Trinajstić information content (AvgIpc) is 3.00. The summed E-state index contributed by atoms with van der Waals surface area (Å²) in [5, 5.41) is 7.42. The van der Waals surface area contributed by atoms with Crippen molar-refractivity contribution in [1.29, 1.82) is 0 Å². The Bertz CT molecular complexity index is 669. The van der Waals surface area contributed by atoms with Crippen molar-refractivity contribution < 1.29 is 19.1 Å². The van der Waals surface area contributed by atoms with E-state index >= 15 is 0 Å². The Morgan fingerprint density at radius 1 is 1.18 bits per heavy atom. The van der Waals surface area contributed by atoms with E-state index in [0.29, 0.717) is 22.1 Å². The van der Waals surface area contributed by atoms with Crippen LogP contribution in [0.1, 0.15) is 10.4 Å². The molecule has 2 N–H and O–H groups in total. The first-order valence-electron chi connectivity index (χ1n) is 6.51. The molecule has 0 fully saturated rings. The van der Waals surface area contributed by atoms with Crippen molar-refractivity contribution in [3.8, 4) is 11.5 Å². The van der Waals surface area contributed by atoms with Crippen molar-refractivity contribution in [2.75, 3.05) is 26.1 Å². The second-order valence-electron chi connectivity index (χ2n) is 4.23. The van der Waals surface area contributed by atoms with Crippen molar-refractivity contribution in [3.05, 3.63) is 41.3 Å². The third-order valence-corrected chi connectivity index (χ3v) is 3.65. The molecule has 2 amide bonds. The zero-order valence-corrected chi connectivity index (χ0v) is 13.0. The van der Waals surface area contributed by atoms with Crippen LogP contribution in [0.4, 0.5) is 5.00 Å². The van der Waals surface area contributed by atoms with Gasteiger partial charge in [-0.05, 0) is 23.6 Å². The number of hydrogen-bond acceptors (Lipinski definition) is 5. The molecule has 0 aliphatic rings. The van der Waals surface area contributed by atoms with Gasteiger partial charge in [-0.2, -0.15) is 0 Å². The number of rotatable bonds is 6. The molecule has 0 radical (unpaired) electrons. The first-order valence-corrected chi connectivity index (χ1v) is 7.39. The van der Waals surface area contributed by atoms with Crippen molar-refractivity contribution in [1.82, 2.24) is 5.32 Å². The van der Waals surface area contributed by atoms with Crippen LogP contribution >= 0.6 is 11.3 Å². The first kappa shape index (κ1) is 15.8. The first-order chi connectivity index (χ1) is 10.7. The van der Waals surface area contributed by atoms with Gasteiger partial charge in [-0.15, -0.1) is 11.3 Å². The van der Waals surface area contributed by atoms with Crippen LogP contribution in [0, 0.1) is 0 Å². The number of anilines is 1. The Morgan fingerprint density at radius 2 is 1.91 bits per heavy atom. The third kappa shape index (κ3) is 3.76. The summed E-state index contributed by atoms with van der Waals surface area (Å²) in [6, 6.07) is 8.72. The molecular weight excluding hydrogens is 304 g/mol. The van der Waals surface area contributed by atoms with Gasteiger partial charge in [0.15, 0.2) is 18.1 Å². The Kier molecular flexibility index (Phi) is 5.37. The van der Waals surface area contributed by atoms with Crippen LogP contribution in [-0.2, 0) is 4.79 Å². The summed E-state index contributed by atoms with van der Waals surface area (Å²) in [6.45, 7) is -0.175. The van der Waals surface area contributed by atoms with E-state index in [1.54, 1.807) is 29.6 Å². The molecule has 0 aliphatic carbocycles. The maximum absolute atomic E-state index is 11.9. The summed E-state index contributed by atoms with van der Waals surface area (Å²) in [6.07, 6.45) is 0. The summed E-state index contributed by atoms with van der Waals surface area (Å²) in [5.74, 6) is 0.441. The predicted molar refractivity (Wildman–Crippen MR) is 84.8 cm³/mol. The highest BCUT2D eigenvalue weighted by Crippen LogP contribution is 2.26. The van der Waals surface area contributed by atoms with Crippen LogP contribution in [0.3, 0.4) is 0 Å². The molecule has 0 atom stereocenters. The number of methoxy groups -OCH3 is 1. The molecule has 116 valence electrons. The van der Waals surface area contributed by atoms with E-state index in [1.807, 2.05) is 6.07 Å². The normalized spacial score (nSPS) is 9.91. The van der Waals surface area contributed by atoms with Gasteiger partial charge in [0.05, 0.1) is 12.7 Å². The molecule has 0 bridgehead atoms. The number of hydrogen-bond donors (Lipinski definition) is 2. The van der Waals surface area contributed by atoms with Gasteiger partial charge in [-0.25, -0.2) is 0 Å². The molecule has 0 aliphatic heterocycles. The fraction of sp³-hybridized carbons (Fsp3) is 0.200.